The number of aryl methyl sites for hydroxylation is 1. The van der Waals surface area contributed by atoms with Gasteiger partial charge in [0.05, 0.1) is 6.54 Å². The molecule has 0 bridgehead atoms. The number of nitrogens with one attached hydrogen (secondary N) is 2. The van der Waals surface area contributed by atoms with Crippen molar-refractivity contribution < 1.29 is 36.6 Å². The van der Waals surface area contributed by atoms with Gasteiger partial charge in [0.1, 0.15) is 17.5 Å². The zero-order chi connectivity index (χ0) is 21.8. The van der Waals surface area contributed by atoms with E-state index in [2.05, 4.69) is 15.6 Å². The maximum Gasteiger partial charge on any atom is 0.424 e. The fourth-order valence-electron chi connectivity index (χ4n) is 2.54. The Morgan fingerprint density at radius 2 is 1.76 bits per heavy atom. The van der Waals surface area contributed by atoms with Crippen LogP contribution in [0.25, 0.3) is 0 Å². The fourth-order valence-corrected chi connectivity index (χ4v) is 2.54. The third kappa shape index (κ3) is 5.28. The summed E-state index contributed by atoms with van der Waals surface area (Å²) in [5.41, 5.74) is -3.66. The zero-order valence-electron chi connectivity index (χ0n) is 15.1. The summed E-state index contributed by atoms with van der Waals surface area (Å²) in [5.74, 6) is -4.42. The lowest BCUT2D eigenvalue weighted by atomic mass is 9.97. The molecule has 12 heteroatoms. The van der Waals surface area contributed by atoms with Crippen molar-refractivity contribution in [3.8, 4) is 0 Å². The number of carbonyl (C=O) groups is 2. The second-order valence-electron chi connectivity index (χ2n) is 6.16. The molecule has 0 radical (unpaired) electrons. The summed E-state index contributed by atoms with van der Waals surface area (Å²) in [6.45, 7) is -1.23. The van der Waals surface area contributed by atoms with Crippen molar-refractivity contribution in [1.29, 1.82) is 0 Å². The van der Waals surface area contributed by atoms with Gasteiger partial charge in [-0.15, -0.1) is 0 Å². The van der Waals surface area contributed by atoms with E-state index >= 15 is 0 Å². The molecule has 0 aliphatic carbocycles. The number of halogens is 5. The van der Waals surface area contributed by atoms with Gasteiger partial charge in [0.15, 0.2) is 0 Å². The van der Waals surface area contributed by atoms with Gasteiger partial charge in [-0.25, -0.2) is 13.8 Å². The van der Waals surface area contributed by atoms with Crippen molar-refractivity contribution in [1.82, 2.24) is 20.2 Å². The highest BCUT2D eigenvalue weighted by Gasteiger charge is 2.57. The summed E-state index contributed by atoms with van der Waals surface area (Å²) >= 11 is 0. The minimum atomic E-state index is -5.05. The Kier molecular flexibility index (Phi) is 6.57. The Balaban J connectivity index is 1.91. The molecule has 0 saturated heterocycles. The number of aromatic nitrogens is 2. The van der Waals surface area contributed by atoms with Crippen molar-refractivity contribution in [2.75, 3.05) is 13.1 Å². The average molecular weight is 420 g/mol. The molecule has 0 fully saturated rings. The minimum Gasteiger partial charge on any atom is -0.374 e. The van der Waals surface area contributed by atoms with Crippen LogP contribution in [0.15, 0.2) is 30.6 Å². The molecule has 29 heavy (non-hydrogen) atoms. The Morgan fingerprint density at radius 3 is 2.28 bits per heavy atom. The van der Waals surface area contributed by atoms with Gasteiger partial charge in [-0.05, 0) is 12.1 Å². The Hall–Kier alpha value is -3.02. The molecule has 1 aromatic heterocycles. The van der Waals surface area contributed by atoms with Crippen LogP contribution in [0, 0.1) is 11.6 Å². The maximum atomic E-state index is 13.3. The van der Waals surface area contributed by atoms with Gasteiger partial charge in [0, 0.05) is 44.0 Å². The summed E-state index contributed by atoms with van der Waals surface area (Å²) < 4.78 is 67.2. The van der Waals surface area contributed by atoms with Crippen LogP contribution in [0.5, 0.6) is 0 Å². The number of hydrogen-bond donors (Lipinski definition) is 3. The van der Waals surface area contributed by atoms with E-state index in [-0.39, 0.29) is 5.56 Å². The molecule has 0 aliphatic heterocycles. The van der Waals surface area contributed by atoms with Gasteiger partial charge < -0.3 is 20.3 Å². The highest BCUT2D eigenvalue weighted by Crippen LogP contribution is 2.40. The average Bonchev–Trinajstić information content (AvgIpc) is 3.04. The first-order valence-electron chi connectivity index (χ1n) is 8.22. The number of rotatable bonds is 7. The van der Waals surface area contributed by atoms with E-state index in [4.69, 9.17) is 0 Å². The zero-order valence-corrected chi connectivity index (χ0v) is 15.1. The molecular formula is C17H17F5N4O3. The van der Waals surface area contributed by atoms with Crippen LogP contribution in [-0.2, 0) is 17.4 Å². The maximum absolute atomic E-state index is 13.3. The molecule has 1 unspecified atom stereocenters. The van der Waals surface area contributed by atoms with Crippen molar-refractivity contribution >= 4 is 11.8 Å². The first-order chi connectivity index (χ1) is 13.4. The second kappa shape index (κ2) is 8.55. The molecule has 2 rings (SSSR count). The highest BCUT2D eigenvalue weighted by atomic mass is 19.4. The highest BCUT2D eigenvalue weighted by molar-refractivity contribution is 5.96. The van der Waals surface area contributed by atoms with E-state index < -0.39 is 60.6 Å². The molecular weight excluding hydrogens is 403 g/mol. The van der Waals surface area contributed by atoms with Crippen molar-refractivity contribution in [3.05, 3.63) is 53.6 Å². The summed E-state index contributed by atoms with van der Waals surface area (Å²) in [6, 6.07) is 2.08. The summed E-state index contributed by atoms with van der Waals surface area (Å²) in [5, 5.41) is 14.3. The first-order valence-corrected chi connectivity index (χ1v) is 8.22. The van der Waals surface area contributed by atoms with Crippen molar-refractivity contribution in [2.24, 2.45) is 7.05 Å². The van der Waals surface area contributed by atoms with Crippen LogP contribution < -0.4 is 10.6 Å². The van der Waals surface area contributed by atoms with Gasteiger partial charge in [-0.3, -0.25) is 9.59 Å². The Morgan fingerprint density at radius 1 is 1.14 bits per heavy atom. The predicted molar refractivity (Wildman–Crippen MR) is 89.5 cm³/mol. The molecule has 7 nitrogen and oxygen atoms in total. The number of aliphatic hydroxyl groups is 1. The predicted octanol–water partition coefficient (Wildman–Crippen LogP) is 1.38. The van der Waals surface area contributed by atoms with Gasteiger partial charge in [-0.2, -0.15) is 13.2 Å². The van der Waals surface area contributed by atoms with Crippen LogP contribution in [0.1, 0.15) is 22.6 Å². The first kappa shape index (κ1) is 22.3. The Bertz CT molecular complexity index is 879. The van der Waals surface area contributed by atoms with Gasteiger partial charge in [0.25, 0.3) is 5.91 Å². The third-order valence-electron chi connectivity index (χ3n) is 4.00. The molecule has 0 saturated carbocycles. The molecule has 1 aromatic carbocycles. The lowest BCUT2D eigenvalue weighted by molar-refractivity contribution is -0.272. The number of carbonyl (C=O) groups excluding carboxylic acids is 2. The number of alkyl halides is 3. The molecule has 1 heterocycles. The van der Waals surface area contributed by atoms with Crippen LogP contribution >= 0.6 is 0 Å². The minimum absolute atomic E-state index is 0.364. The SMILES string of the molecule is Cn1ccnc1C(O)(CCNC(=O)CNC(=O)c1cc(F)cc(F)c1)C(F)(F)F. The van der Waals surface area contributed by atoms with E-state index in [0.717, 1.165) is 22.9 Å². The molecule has 2 amide bonds. The van der Waals surface area contributed by atoms with Gasteiger partial charge >= 0.3 is 6.18 Å². The number of imidazole rings is 1. The van der Waals surface area contributed by atoms with E-state index in [1.807, 2.05) is 0 Å². The quantitative estimate of drug-likeness (QED) is 0.590. The Labute approximate surface area is 161 Å². The number of benzene rings is 1. The van der Waals surface area contributed by atoms with Gasteiger partial charge in [0.2, 0.25) is 11.5 Å². The summed E-state index contributed by atoms with van der Waals surface area (Å²) in [4.78, 5) is 27.1. The van der Waals surface area contributed by atoms with Crippen molar-refractivity contribution in [2.45, 2.75) is 18.2 Å². The smallest absolute Gasteiger partial charge is 0.374 e. The normalized spacial score (nSPS) is 13.6. The third-order valence-corrected chi connectivity index (χ3v) is 4.00. The van der Waals surface area contributed by atoms with Crippen LogP contribution in [0.3, 0.4) is 0 Å². The van der Waals surface area contributed by atoms with Crippen molar-refractivity contribution in [3.63, 3.8) is 0 Å². The van der Waals surface area contributed by atoms with Gasteiger partial charge in [-0.1, -0.05) is 0 Å². The molecule has 158 valence electrons. The van der Waals surface area contributed by atoms with Crippen LogP contribution in [-0.4, -0.2) is 45.7 Å². The van der Waals surface area contributed by atoms with E-state index in [1.54, 1.807) is 0 Å². The largest absolute Gasteiger partial charge is 0.424 e. The fraction of sp³-hybridized carbons (Fsp3) is 0.353. The lowest BCUT2D eigenvalue weighted by Crippen LogP contribution is -2.47. The molecule has 1 atom stereocenters. The molecule has 0 aliphatic rings. The summed E-state index contributed by atoms with van der Waals surface area (Å²) in [7, 11) is 1.28. The number of amides is 2. The molecule has 3 N–H and O–H groups in total. The molecule has 2 aromatic rings. The molecule has 0 spiro atoms. The van der Waals surface area contributed by atoms with E-state index in [9.17, 15) is 36.6 Å². The standard InChI is InChI=1S/C17H17F5N4O3/c1-26-5-4-24-15(26)16(29,17(20,21)22)2-3-23-13(27)9-25-14(28)10-6-11(18)8-12(19)7-10/h4-8,29H,2-3,9H2,1H3,(H,23,27)(H,25,28). The number of hydrogen-bond acceptors (Lipinski definition) is 4. The summed E-state index contributed by atoms with van der Waals surface area (Å²) in [6.07, 6.45) is -3.65. The lowest BCUT2D eigenvalue weighted by Gasteiger charge is -2.29. The number of nitrogens with zero attached hydrogens (tertiary/aromatic N) is 2. The van der Waals surface area contributed by atoms with E-state index in [1.165, 1.54) is 13.2 Å². The monoisotopic (exact) mass is 420 g/mol. The van der Waals surface area contributed by atoms with Crippen LogP contribution in [0.2, 0.25) is 0 Å². The van der Waals surface area contributed by atoms with Crippen LogP contribution in [0.4, 0.5) is 22.0 Å². The second-order valence-corrected chi connectivity index (χ2v) is 6.16. The van der Waals surface area contributed by atoms with E-state index in [0.29, 0.717) is 6.07 Å². The topological polar surface area (TPSA) is 96.2 Å².